The molecule has 0 saturated heterocycles. The number of hydrogen-bond donors (Lipinski definition) is 1. The molecular formula is C12H24O4. The van der Waals surface area contributed by atoms with Crippen molar-refractivity contribution in [3.8, 4) is 0 Å². The lowest BCUT2D eigenvalue weighted by Gasteiger charge is -2.10. The third-order valence-corrected chi connectivity index (χ3v) is 2.15. The van der Waals surface area contributed by atoms with E-state index in [1.807, 2.05) is 0 Å². The van der Waals surface area contributed by atoms with Crippen molar-refractivity contribution < 1.29 is 19.4 Å². The largest absolute Gasteiger partial charge is 0.481 e. The molecule has 1 atom stereocenters. The maximum atomic E-state index is 9.60. The highest BCUT2D eigenvalue weighted by atomic mass is 16.5. The van der Waals surface area contributed by atoms with Crippen LogP contribution in [0.3, 0.4) is 0 Å². The van der Waals surface area contributed by atoms with Gasteiger partial charge in [-0.3, -0.25) is 4.79 Å². The Hall–Kier alpha value is -0.900. The van der Waals surface area contributed by atoms with Crippen LogP contribution in [0.1, 0.15) is 46.0 Å². The number of aldehydes is 1. The van der Waals surface area contributed by atoms with Gasteiger partial charge in [0.1, 0.15) is 6.29 Å². The van der Waals surface area contributed by atoms with Crippen LogP contribution in [-0.2, 0) is 14.3 Å². The molecule has 96 valence electrons. The molecule has 0 radical (unpaired) electrons. The minimum absolute atomic E-state index is 0.0521. The van der Waals surface area contributed by atoms with Crippen LogP contribution in [-0.4, -0.2) is 31.1 Å². The van der Waals surface area contributed by atoms with Crippen molar-refractivity contribution in [2.24, 2.45) is 5.92 Å². The van der Waals surface area contributed by atoms with Gasteiger partial charge in [0.25, 0.3) is 0 Å². The van der Waals surface area contributed by atoms with Crippen molar-refractivity contribution in [3.63, 3.8) is 0 Å². The van der Waals surface area contributed by atoms with Crippen LogP contribution in [0, 0.1) is 5.92 Å². The molecule has 0 aliphatic rings. The molecule has 0 aromatic rings. The van der Waals surface area contributed by atoms with Crippen molar-refractivity contribution in [1.82, 2.24) is 0 Å². The number of hydrogen-bond acceptors (Lipinski definition) is 3. The Labute approximate surface area is 98.0 Å². The Morgan fingerprint density at radius 3 is 2.31 bits per heavy atom. The molecule has 1 unspecified atom stereocenters. The van der Waals surface area contributed by atoms with Crippen LogP contribution < -0.4 is 0 Å². The molecule has 0 rings (SSSR count). The Balaban J connectivity index is 0. The number of methoxy groups -OCH3 is 1. The zero-order valence-corrected chi connectivity index (χ0v) is 10.6. The van der Waals surface area contributed by atoms with Crippen LogP contribution >= 0.6 is 0 Å². The zero-order valence-electron chi connectivity index (χ0n) is 10.6. The maximum Gasteiger partial charge on any atom is 0.303 e. The lowest BCUT2D eigenvalue weighted by molar-refractivity contribution is -0.137. The molecule has 0 aliphatic carbocycles. The maximum absolute atomic E-state index is 9.60. The first kappa shape index (κ1) is 17.5. The van der Waals surface area contributed by atoms with Gasteiger partial charge in [-0.05, 0) is 12.3 Å². The van der Waals surface area contributed by atoms with Crippen molar-refractivity contribution >= 4 is 12.3 Å². The van der Waals surface area contributed by atoms with Gasteiger partial charge in [0.15, 0.2) is 0 Å². The molecule has 0 amide bonds. The standard InChI is InChI=1S/C8H18O.C4H6O3/c1-4-6-8(5-2)7-9-3;5-3-1-2-4(6)7/h8H,4-7H2,1-3H3;3H,1-2H2,(H,6,7). The lowest BCUT2D eigenvalue weighted by atomic mass is 10.0. The molecule has 0 aromatic carbocycles. The predicted octanol–water partition coefficient (Wildman–Crippen LogP) is 2.51. The fourth-order valence-corrected chi connectivity index (χ4v) is 1.23. The summed E-state index contributed by atoms with van der Waals surface area (Å²) in [5, 5.41) is 7.89. The Bertz CT molecular complexity index is 162. The SMILES string of the molecule is CCCC(CC)COC.O=CCCC(=O)O. The molecule has 0 heterocycles. The molecule has 0 saturated carbocycles. The van der Waals surface area contributed by atoms with Crippen LogP contribution in [0.4, 0.5) is 0 Å². The van der Waals surface area contributed by atoms with E-state index in [9.17, 15) is 9.59 Å². The number of carboxylic acids is 1. The van der Waals surface area contributed by atoms with Gasteiger partial charge in [0.2, 0.25) is 0 Å². The lowest BCUT2D eigenvalue weighted by Crippen LogP contribution is -2.05. The normalized spacial score (nSPS) is 11.2. The van der Waals surface area contributed by atoms with E-state index in [0.29, 0.717) is 6.29 Å². The minimum Gasteiger partial charge on any atom is -0.481 e. The first-order valence-corrected chi connectivity index (χ1v) is 5.76. The number of carboxylic acid groups (broad SMARTS) is 1. The topological polar surface area (TPSA) is 63.6 Å². The summed E-state index contributed by atoms with van der Waals surface area (Å²) in [7, 11) is 1.78. The van der Waals surface area contributed by atoms with Crippen LogP contribution in [0.2, 0.25) is 0 Å². The minimum atomic E-state index is -0.924. The average molecular weight is 232 g/mol. The first-order chi connectivity index (χ1) is 7.62. The molecule has 0 fully saturated rings. The predicted molar refractivity (Wildman–Crippen MR) is 63.5 cm³/mol. The number of aliphatic carboxylic acids is 1. The fraction of sp³-hybridized carbons (Fsp3) is 0.833. The molecule has 1 N–H and O–H groups in total. The van der Waals surface area contributed by atoms with Gasteiger partial charge in [0.05, 0.1) is 6.42 Å². The van der Waals surface area contributed by atoms with Gasteiger partial charge >= 0.3 is 5.97 Å². The van der Waals surface area contributed by atoms with Crippen molar-refractivity contribution in [2.75, 3.05) is 13.7 Å². The van der Waals surface area contributed by atoms with E-state index >= 15 is 0 Å². The van der Waals surface area contributed by atoms with E-state index in [0.717, 1.165) is 12.5 Å². The van der Waals surface area contributed by atoms with Crippen LogP contribution in [0.5, 0.6) is 0 Å². The van der Waals surface area contributed by atoms with E-state index in [1.54, 1.807) is 7.11 Å². The Morgan fingerprint density at radius 1 is 1.44 bits per heavy atom. The van der Waals surface area contributed by atoms with E-state index in [-0.39, 0.29) is 12.8 Å². The van der Waals surface area contributed by atoms with E-state index in [4.69, 9.17) is 9.84 Å². The van der Waals surface area contributed by atoms with Crippen molar-refractivity contribution in [3.05, 3.63) is 0 Å². The second-order valence-electron chi connectivity index (χ2n) is 3.62. The summed E-state index contributed by atoms with van der Waals surface area (Å²) in [5.74, 6) is -0.132. The van der Waals surface area contributed by atoms with E-state index < -0.39 is 5.97 Å². The summed E-state index contributed by atoms with van der Waals surface area (Å²) in [5.41, 5.74) is 0. The number of ether oxygens (including phenoxy) is 1. The monoisotopic (exact) mass is 232 g/mol. The molecule has 0 aromatic heterocycles. The Morgan fingerprint density at radius 2 is 2.06 bits per heavy atom. The zero-order chi connectivity index (χ0) is 12.8. The van der Waals surface area contributed by atoms with E-state index in [1.165, 1.54) is 19.3 Å². The molecule has 0 aliphatic heterocycles. The third kappa shape index (κ3) is 15.6. The molecule has 4 heteroatoms. The van der Waals surface area contributed by atoms with Crippen molar-refractivity contribution in [2.45, 2.75) is 46.0 Å². The number of carbonyl (C=O) groups excluding carboxylic acids is 1. The second-order valence-corrected chi connectivity index (χ2v) is 3.62. The highest BCUT2D eigenvalue weighted by Gasteiger charge is 2.02. The number of carbonyl (C=O) groups is 2. The first-order valence-electron chi connectivity index (χ1n) is 5.76. The summed E-state index contributed by atoms with van der Waals surface area (Å²) in [4.78, 5) is 19.0. The number of rotatable bonds is 8. The summed E-state index contributed by atoms with van der Waals surface area (Å²) in [6.45, 7) is 5.38. The van der Waals surface area contributed by atoms with Crippen molar-refractivity contribution in [1.29, 1.82) is 0 Å². The van der Waals surface area contributed by atoms with E-state index in [2.05, 4.69) is 13.8 Å². The van der Waals surface area contributed by atoms with Gasteiger partial charge in [0, 0.05) is 20.1 Å². The molecule has 16 heavy (non-hydrogen) atoms. The second kappa shape index (κ2) is 14.1. The molecule has 0 bridgehead atoms. The molecule has 4 nitrogen and oxygen atoms in total. The smallest absolute Gasteiger partial charge is 0.303 e. The van der Waals surface area contributed by atoms with Gasteiger partial charge in [-0.2, -0.15) is 0 Å². The summed E-state index contributed by atoms with van der Waals surface area (Å²) in [6.07, 6.45) is 4.50. The Kier molecular flexibility index (Phi) is 15.4. The van der Waals surface area contributed by atoms with Crippen LogP contribution in [0.15, 0.2) is 0 Å². The van der Waals surface area contributed by atoms with Gasteiger partial charge in [-0.25, -0.2) is 0 Å². The highest BCUT2D eigenvalue weighted by Crippen LogP contribution is 2.09. The molecule has 0 spiro atoms. The molecular weight excluding hydrogens is 208 g/mol. The highest BCUT2D eigenvalue weighted by molar-refractivity contribution is 5.70. The van der Waals surface area contributed by atoms with Gasteiger partial charge < -0.3 is 14.6 Å². The quantitative estimate of drug-likeness (QED) is 0.653. The average Bonchev–Trinajstić information content (AvgIpc) is 2.27. The fourth-order valence-electron chi connectivity index (χ4n) is 1.23. The van der Waals surface area contributed by atoms with Crippen LogP contribution in [0.25, 0.3) is 0 Å². The van der Waals surface area contributed by atoms with Gasteiger partial charge in [-0.1, -0.05) is 26.7 Å². The summed E-state index contributed by atoms with van der Waals surface area (Å²) in [6, 6.07) is 0. The van der Waals surface area contributed by atoms with Gasteiger partial charge in [-0.15, -0.1) is 0 Å². The summed E-state index contributed by atoms with van der Waals surface area (Å²) >= 11 is 0. The third-order valence-electron chi connectivity index (χ3n) is 2.15. The summed E-state index contributed by atoms with van der Waals surface area (Å²) < 4.78 is 5.05.